The largest absolute Gasteiger partial charge is 0.369 e. The lowest BCUT2D eigenvalue weighted by molar-refractivity contribution is -0.0957. The first-order valence-corrected chi connectivity index (χ1v) is 3.66. The third-order valence-electron chi connectivity index (χ3n) is 1.72. The van der Waals surface area contributed by atoms with Crippen molar-refractivity contribution in [3.05, 3.63) is 0 Å². The Morgan fingerprint density at radius 1 is 1.55 bits per heavy atom. The van der Waals surface area contributed by atoms with Crippen molar-refractivity contribution in [1.82, 2.24) is 5.32 Å². The van der Waals surface area contributed by atoms with E-state index in [0.29, 0.717) is 6.61 Å². The van der Waals surface area contributed by atoms with Gasteiger partial charge in [-0.15, -0.1) is 0 Å². The number of hydrogen-bond donors (Lipinski definition) is 1. The second-order valence-electron chi connectivity index (χ2n) is 3.45. The van der Waals surface area contributed by atoms with Crippen molar-refractivity contribution in [3.8, 4) is 0 Å². The molecule has 1 aliphatic heterocycles. The zero-order chi connectivity index (χ0) is 8.48. The van der Waals surface area contributed by atoms with Gasteiger partial charge in [-0.1, -0.05) is 0 Å². The van der Waals surface area contributed by atoms with Crippen LogP contribution in [-0.4, -0.2) is 31.2 Å². The van der Waals surface area contributed by atoms with Crippen LogP contribution >= 0.6 is 0 Å². The summed E-state index contributed by atoms with van der Waals surface area (Å²) in [6, 6.07) is 0. The fraction of sp³-hybridized carbons (Fsp3) is 1.00. The minimum Gasteiger partial charge on any atom is -0.369 e. The van der Waals surface area contributed by atoms with Gasteiger partial charge in [0.05, 0.1) is 6.61 Å². The molecule has 0 bridgehead atoms. The van der Waals surface area contributed by atoms with Gasteiger partial charge in [-0.25, -0.2) is 8.78 Å². The molecule has 4 heteroatoms. The molecule has 1 aliphatic rings. The van der Waals surface area contributed by atoms with Crippen LogP contribution in [0.4, 0.5) is 8.78 Å². The third-order valence-corrected chi connectivity index (χ3v) is 1.72. The van der Waals surface area contributed by atoms with Gasteiger partial charge in [-0.3, -0.25) is 0 Å². The zero-order valence-corrected chi connectivity index (χ0v) is 6.73. The highest BCUT2D eigenvalue weighted by atomic mass is 19.3. The molecule has 1 saturated heterocycles. The van der Waals surface area contributed by atoms with Gasteiger partial charge in [0, 0.05) is 12.1 Å². The molecule has 0 radical (unpaired) electrons. The number of hydrogen-bond acceptors (Lipinski definition) is 2. The molecular weight excluding hydrogens is 152 g/mol. The molecule has 2 nitrogen and oxygen atoms in total. The average molecular weight is 165 g/mol. The predicted molar refractivity (Wildman–Crippen MR) is 37.8 cm³/mol. The Kier molecular flexibility index (Phi) is 2.44. The van der Waals surface area contributed by atoms with Gasteiger partial charge in [0.2, 0.25) is 0 Å². The summed E-state index contributed by atoms with van der Waals surface area (Å²) in [6.45, 7) is 4.44. The molecule has 0 aliphatic carbocycles. The van der Waals surface area contributed by atoms with E-state index in [1.165, 1.54) is 0 Å². The highest BCUT2D eigenvalue weighted by molar-refractivity contribution is 4.84. The van der Waals surface area contributed by atoms with Gasteiger partial charge in [0.25, 0.3) is 6.43 Å². The van der Waals surface area contributed by atoms with Gasteiger partial charge < -0.3 is 10.1 Å². The number of alkyl halides is 2. The summed E-state index contributed by atoms with van der Waals surface area (Å²) in [5.41, 5.74) is -0.161. The van der Waals surface area contributed by atoms with Crippen molar-refractivity contribution in [2.24, 2.45) is 0 Å². The third kappa shape index (κ3) is 2.38. The Labute approximate surface area is 64.9 Å². The van der Waals surface area contributed by atoms with Crippen molar-refractivity contribution in [3.63, 3.8) is 0 Å². The molecule has 0 aromatic carbocycles. The van der Waals surface area contributed by atoms with E-state index in [9.17, 15) is 8.78 Å². The minimum atomic E-state index is -2.38. The zero-order valence-electron chi connectivity index (χ0n) is 6.73. The summed E-state index contributed by atoms with van der Waals surface area (Å²) in [4.78, 5) is 0. The quantitative estimate of drug-likeness (QED) is 0.626. The molecule has 1 unspecified atom stereocenters. The van der Waals surface area contributed by atoms with Crippen LogP contribution in [0, 0.1) is 0 Å². The first kappa shape index (κ1) is 8.87. The van der Waals surface area contributed by atoms with Crippen LogP contribution in [0.5, 0.6) is 0 Å². The van der Waals surface area contributed by atoms with E-state index in [1.54, 1.807) is 0 Å². The Hall–Kier alpha value is -0.220. The molecule has 11 heavy (non-hydrogen) atoms. The Balaban J connectivity index is 2.36. The van der Waals surface area contributed by atoms with Crippen molar-refractivity contribution in [2.75, 3.05) is 13.2 Å². The predicted octanol–water partition coefficient (Wildman–Crippen LogP) is 1.02. The van der Waals surface area contributed by atoms with Crippen molar-refractivity contribution >= 4 is 0 Å². The molecule has 1 rings (SSSR count). The fourth-order valence-corrected chi connectivity index (χ4v) is 0.964. The monoisotopic (exact) mass is 165 g/mol. The SMILES string of the molecule is CC1(C)COC(C(F)F)CN1. The van der Waals surface area contributed by atoms with Crippen molar-refractivity contribution < 1.29 is 13.5 Å². The van der Waals surface area contributed by atoms with E-state index in [-0.39, 0.29) is 12.1 Å². The Morgan fingerprint density at radius 3 is 2.55 bits per heavy atom. The molecule has 0 amide bonds. The maximum absolute atomic E-state index is 12.0. The summed E-state index contributed by atoms with van der Waals surface area (Å²) in [5.74, 6) is 0. The highest BCUT2D eigenvalue weighted by Crippen LogP contribution is 2.15. The Bertz CT molecular complexity index is 128. The van der Waals surface area contributed by atoms with Gasteiger partial charge in [-0.05, 0) is 13.8 Å². The van der Waals surface area contributed by atoms with Crippen molar-refractivity contribution in [1.29, 1.82) is 0 Å². The number of halogens is 2. The van der Waals surface area contributed by atoms with Gasteiger partial charge in [-0.2, -0.15) is 0 Å². The molecule has 1 N–H and O–H groups in total. The van der Waals surface area contributed by atoms with Crippen molar-refractivity contribution in [2.45, 2.75) is 31.9 Å². The summed E-state index contributed by atoms with van der Waals surface area (Å²) < 4.78 is 29.0. The van der Waals surface area contributed by atoms with E-state index >= 15 is 0 Å². The Morgan fingerprint density at radius 2 is 2.18 bits per heavy atom. The van der Waals surface area contributed by atoms with E-state index in [0.717, 1.165) is 0 Å². The molecule has 0 aromatic rings. The number of nitrogens with one attached hydrogen (secondary N) is 1. The van der Waals surface area contributed by atoms with Gasteiger partial charge in [0.1, 0.15) is 6.10 Å². The fourth-order valence-electron chi connectivity index (χ4n) is 0.964. The molecule has 0 saturated carbocycles. The first-order chi connectivity index (χ1) is 5.01. The highest BCUT2D eigenvalue weighted by Gasteiger charge is 2.31. The maximum atomic E-state index is 12.0. The topological polar surface area (TPSA) is 21.3 Å². The van der Waals surface area contributed by atoms with Crippen LogP contribution in [0.2, 0.25) is 0 Å². The summed E-state index contributed by atoms with van der Waals surface area (Å²) >= 11 is 0. The van der Waals surface area contributed by atoms with E-state index in [1.807, 2.05) is 13.8 Å². The van der Waals surface area contributed by atoms with Gasteiger partial charge >= 0.3 is 0 Å². The van der Waals surface area contributed by atoms with Crippen LogP contribution in [0.15, 0.2) is 0 Å². The molecule has 0 aromatic heterocycles. The van der Waals surface area contributed by atoms with Crippen LogP contribution in [0.1, 0.15) is 13.8 Å². The lowest BCUT2D eigenvalue weighted by Crippen LogP contribution is -2.55. The lowest BCUT2D eigenvalue weighted by atomic mass is 10.1. The minimum absolute atomic E-state index is 0.161. The average Bonchev–Trinajstić information content (AvgIpc) is 1.86. The molecule has 1 atom stereocenters. The van der Waals surface area contributed by atoms with Crippen LogP contribution in [0.3, 0.4) is 0 Å². The smallest absolute Gasteiger partial charge is 0.265 e. The van der Waals surface area contributed by atoms with E-state index in [2.05, 4.69) is 5.32 Å². The number of rotatable bonds is 1. The van der Waals surface area contributed by atoms with Crippen LogP contribution in [0.25, 0.3) is 0 Å². The van der Waals surface area contributed by atoms with E-state index in [4.69, 9.17) is 4.74 Å². The summed E-state index contributed by atoms with van der Waals surface area (Å²) in [6.07, 6.45) is -3.30. The molecule has 66 valence electrons. The van der Waals surface area contributed by atoms with E-state index < -0.39 is 12.5 Å². The first-order valence-electron chi connectivity index (χ1n) is 3.66. The molecule has 1 fully saturated rings. The maximum Gasteiger partial charge on any atom is 0.265 e. The number of morpholine rings is 1. The number of ether oxygens (including phenoxy) is 1. The summed E-state index contributed by atoms with van der Waals surface area (Å²) in [5, 5.41) is 2.98. The molecule has 0 spiro atoms. The molecule has 1 heterocycles. The summed E-state index contributed by atoms with van der Waals surface area (Å²) in [7, 11) is 0. The van der Waals surface area contributed by atoms with Crippen LogP contribution in [-0.2, 0) is 4.74 Å². The standard InChI is InChI=1S/C7H13F2NO/c1-7(2)4-11-5(3-10-7)6(8)9/h5-6,10H,3-4H2,1-2H3. The van der Waals surface area contributed by atoms with Gasteiger partial charge in [0.15, 0.2) is 0 Å². The lowest BCUT2D eigenvalue weighted by Gasteiger charge is -2.35. The normalized spacial score (nSPS) is 30.8. The van der Waals surface area contributed by atoms with Crippen LogP contribution < -0.4 is 5.32 Å². The second kappa shape index (κ2) is 3.03. The second-order valence-corrected chi connectivity index (χ2v) is 3.45. The molecular formula is C7H13F2NO.